The molecule has 0 aliphatic carbocycles. The van der Waals surface area contributed by atoms with Crippen LogP contribution in [0.25, 0.3) is 21.6 Å². The largest absolute Gasteiger partial charge is 0.495 e. The minimum Gasteiger partial charge on any atom is -0.495 e. The number of aromatic nitrogens is 1. The number of ether oxygens (including phenoxy) is 4. The fourth-order valence-corrected chi connectivity index (χ4v) is 3.52. The van der Waals surface area contributed by atoms with Gasteiger partial charge in [0, 0.05) is 17.3 Å². The Balaban J connectivity index is 2.13. The van der Waals surface area contributed by atoms with E-state index in [-0.39, 0.29) is 0 Å². The summed E-state index contributed by atoms with van der Waals surface area (Å²) in [5, 5.41) is 0. The molecule has 0 fully saturated rings. The van der Waals surface area contributed by atoms with E-state index in [2.05, 4.69) is 4.37 Å². The number of hydrogen-bond donors (Lipinski definition) is 1. The molecule has 0 saturated heterocycles. The molecule has 1 aromatic heterocycles. The molecule has 2 aromatic carbocycles. The number of benzene rings is 2. The van der Waals surface area contributed by atoms with E-state index in [1.54, 1.807) is 28.4 Å². The minimum absolute atomic E-state index is 0.554. The lowest BCUT2D eigenvalue weighted by atomic mass is 10.0. The van der Waals surface area contributed by atoms with Gasteiger partial charge in [0.1, 0.15) is 5.75 Å². The van der Waals surface area contributed by atoms with Crippen LogP contribution in [0.2, 0.25) is 0 Å². The number of anilines is 1. The summed E-state index contributed by atoms with van der Waals surface area (Å²) in [6.45, 7) is 0. The lowest BCUT2D eigenvalue weighted by Gasteiger charge is -2.14. The van der Waals surface area contributed by atoms with Crippen molar-refractivity contribution in [2.75, 3.05) is 34.2 Å². The van der Waals surface area contributed by atoms with E-state index in [1.807, 2.05) is 36.5 Å². The zero-order valence-corrected chi connectivity index (χ0v) is 15.8. The third kappa shape index (κ3) is 3.13. The second-order valence-corrected chi connectivity index (χ2v) is 6.24. The van der Waals surface area contributed by atoms with Crippen molar-refractivity contribution in [3.8, 4) is 44.6 Å². The molecular weight excluding hydrogens is 352 g/mol. The number of nitrogens with zero attached hydrogens (tertiary/aromatic N) is 1. The first-order valence-electron chi connectivity index (χ1n) is 7.81. The van der Waals surface area contributed by atoms with E-state index in [0.29, 0.717) is 28.7 Å². The van der Waals surface area contributed by atoms with Crippen LogP contribution in [0.5, 0.6) is 23.0 Å². The van der Waals surface area contributed by atoms with Crippen LogP contribution in [0.15, 0.2) is 36.5 Å². The molecule has 2 N–H and O–H groups in total. The monoisotopic (exact) mass is 372 g/mol. The van der Waals surface area contributed by atoms with Gasteiger partial charge in [-0.25, -0.2) is 0 Å². The lowest BCUT2D eigenvalue weighted by Crippen LogP contribution is -1.96. The molecule has 0 bridgehead atoms. The van der Waals surface area contributed by atoms with E-state index in [1.165, 1.54) is 11.5 Å². The smallest absolute Gasteiger partial charge is 0.203 e. The van der Waals surface area contributed by atoms with Crippen LogP contribution in [-0.2, 0) is 0 Å². The van der Waals surface area contributed by atoms with Crippen LogP contribution in [0, 0.1) is 0 Å². The Hall–Kier alpha value is -2.93. The minimum atomic E-state index is 0.554. The van der Waals surface area contributed by atoms with Crippen LogP contribution in [0.4, 0.5) is 5.69 Å². The Labute approximate surface area is 156 Å². The second kappa shape index (κ2) is 7.53. The maximum atomic E-state index is 6.06. The number of methoxy groups -OCH3 is 4. The van der Waals surface area contributed by atoms with Crippen molar-refractivity contribution in [1.82, 2.24) is 4.37 Å². The summed E-state index contributed by atoms with van der Waals surface area (Å²) >= 11 is 1.39. The fourth-order valence-electron chi connectivity index (χ4n) is 2.77. The second-order valence-electron chi connectivity index (χ2n) is 5.44. The third-order valence-corrected chi connectivity index (χ3v) is 4.89. The van der Waals surface area contributed by atoms with Crippen molar-refractivity contribution >= 4 is 17.2 Å². The van der Waals surface area contributed by atoms with Crippen LogP contribution in [0.3, 0.4) is 0 Å². The topological polar surface area (TPSA) is 75.8 Å². The molecule has 0 spiro atoms. The summed E-state index contributed by atoms with van der Waals surface area (Å²) in [6.07, 6.45) is 1.82. The Morgan fingerprint density at radius 2 is 1.46 bits per heavy atom. The summed E-state index contributed by atoms with van der Waals surface area (Å²) in [7, 11) is 6.37. The number of nitrogens with two attached hydrogens (primary N) is 1. The standard InChI is InChI=1S/C19H20N2O4S/c1-22-15-6-5-11(7-14(15)20)13-10-21-26-19(13)12-8-16(23-2)18(25-4)17(9-12)24-3/h5-10H,20H2,1-4H3. The van der Waals surface area contributed by atoms with Crippen molar-refractivity contribution < 1.29 is 18.9 Å². The molecule has 0 aliphatic rings. The van der Waals surface area contributed by atoms with Crippen molar-refractivity contribution in [3.05, 3.63) is 36.5 Å². The molecule has 0 aliphatic heterocycles. The van der Waals surface area contributed by atoms with Crippen LogP contribution in [0.1, 0.15) is 0 Å². The van der Waals surface area contributed by atoms with Gasteiger partial charge in [0.25, 0.3) is 0 Å². The van der Waals surface area contributed by atoms with Crippen LogP contribution >= 0.6 is 11.5 Å². The average molecular weight is 372 g/mol. The highest BCUT2D eigenvalue weighted by atomic mass is 32.1. The van der Waals surface area contributed by atoms with Gasteiger partial charge in [-0.05, 0) is 41.4 Å². The van der Waals surface area contributed by atoms with Crippen molar-refractivity contribution in [1.29, 1.82) is 0 Å². The zero-order valence-electron chi connectivity index (χ0n) is 15.0. The molecule has 0 radical (unpaired) electrons. The van der Waals surface area contributed by atoms with Gasteiger partial charge in [-0.3, -0.25) is 0 Å². The van der Waals surface area contributed by atoms with Crippen LogP contribution < -0.4 is 24.7 Å². The van der Waals surface area contributed by atoms with E-state index in [9.17, 15) is 0 Å². The maximum Gasteiger partial charge on any atom is 0.203 e. The maximum absolute atomic E-state index is 6.06. The molecule has 3 aromatic rings. The predicted octanol–water partition coefficient (Wildman–Crippen LogP) is 4.09. The number of hydrogen-bond acceptors (Lipinski definition) is 7. The molecule has 0 amide bonds. The first-order valence-corrected chi connectivity index (χ1v) is 8.59. The molecule has 3 rings (SSSR count). The number of rotatable bonds is 6. The summed E-state index contributed by atoms with van der Waals surface area (Å²) in [4.78, 5) is 0.980. The molecule has 7 heteroatoms. The van der Waals surface area contributed by atoms with Crippen molar-refractivity contribution in [2.24, 2.45) is 0 Å². The third-order valence-electron chi connectivity index (χ3n) is 4.04. The van der Waals surface area contributed by atoms with Gasteiger partial charge in [-0.15, -0.1) is 0 Å². The van der Waals surface area contributed by atoms with E-state index in [4.69, 9.17) is 24.7 Å². The van der Waals surface area contributed by atoms with Gasteiger partial charge in [0.05, 0.1) is 39.0 Å². The lowest BCUT2D eigenvalue weighted by molar-refractivity contribution is 0.324. The SMILES string of the molecule is COc1ccc(-c2cnsc2-c2cc(OC)c(OC)c(OC)c2)cc1N. The van der Waals surface area contributed by atoms with Gasteiger partial charge in [0.2, 0.25) is 5.75 Å². The molecule has 0 unspecified atom stereocenters. The van der Waals surface area contributed by atoms with Gasteiger partial charge < -0.3 is 24.7 Å². The van der Waals surface area contributed by atoms with E-state index >= 15 is 0 Å². The molecule has 1 heterocycles. The van der Waals surface area contributed by atoms with Gasteiger partial charge in [-0.1, -0.05) is 6.07 Å². The first-order chi connectivity index (χ1) is 12.6. The van der Waals surface area contributed by atoms with Gasteiger partial charge in [0.15, 0.2) is 11.5 Å². The molecule has 26 heavy (non-hydrogen) atoms. The Morgan fingerprint density at radius 3 is 2.00 bits per heavy atom. The first kappa shape index (κ1) is 17.9. The van der Waals surface area contributed by atoms with Gasteiger partial charge >= 0.3 is 0 Å². The Kier molecular flexibility index (Phi) is 5.18. The highest BCUT2D eigenvalue weighted by Crippen LogP contribution is 2.44. The normalized spacial score (nSPS) is 10.5. The van der Waals surface area contributed by atoms with E-state index < -0.39 is 0 Å². The Bertz CT molecular complexity index is 899. The molecule has 0 saturated carbocycles. The summed E-state index contributed by atoms with van der Waals surface area (Å²) in [5.74, 6) is 2.38. The molecular formula is C19H20N2O4S. The summed E-state index contributed by atoms with van der Waals surface area (Å²) in [5.41, 5.74) is 9.49. The highest BCUT2D eigenvalue weighted by molar-refractivity contribution is 7.10. The molecule has 136 valence electrons. The molecule has 6 nitrogen and oxygen atoms in total. The Morgan fingerprint density at radius 1 is 0.808 bits per heavy atom. The number of nitrogen functional groups attached to an aromatic ring is 1. The molecule has 0 atom stereocenters. The van der Waals surface area contributed by atoms with Crippen molar-refractivity contribution in [3.63, 3.8) is 0 Å². The summed E-state index contributed by atoms with van der Waals surface area (Å²) in [6, 6.07) is 9.50. The van der Waals surface area contributed by atoms with Crippen LogP contribution in [-0.4, -0.2) is 32.8 Å². The summed E-state index contributed by atoms with van der Waals surface area (Å²) < 4.78 is 25.9. The average Bonchev–Trinajstić information content (AvgIpc) is 3.16. The fraction of sp³-hybridized carbons (Fsp3) is 0.211. The zero-order chi connectivity index (χ0) is 18.7. The van der Waals surface area contributed by atoms with Gasteiger partial charge in [-0.2, -0.15) is 4.37 Å². The highest BCUT2D eigenvalue weighted by Gasteiger charge is 2.18. The van der Waals surface area contributed by atoms with E-state index in [0.717, 1.165) is 21.6 Å². The predicted molar refractivity (Wildman–Crippen MR) is 104 cm³/mol. The quantitative estimate of drug-likeness (QED) is 0.657. The van der Waals surface area contributed by atoms with Crippen molar-refractivity contribution in [2.45, 2.75) is 0 Å².